The number of aromatic nitrogens is 1. The Hall–Kier alpha value is -0.410. The second-order valence-corrected chi connectivity index (χ2v) is 5.00. The number of hydrogen-bond acceptors (Lipinski definition) is 3. The average molecular weight is 212 g/mol. The molecular weight excluding hydrogens is 192 g/mol. The minimum absolute atomic E-state index is 0.491. The minimum Gasteiger partial charge on any atom is -0.312 e. The number of nitrogens with one attached hydrogen (secondary N) is 1. The van der Waals surface area contributed by atoms with E-state index in [2.05, 4.69) is 31.1 Å². The second-order valence-electron chi connectivity index (χ2n) is 4.11. The third kappa shape index (κ3) is 3.07. The molecule has 3 heteroatoms. The van der Waals surface area contributed by atoms with Crippen LogP contribution in [0.25, 0.3) is 0 Å². The smallest absolute Gasteiger partial charge is 0.0798 e. The van der Waals surface area contributed by atoms with Crippen molar-refractivity contribution in [3.8, 4) is 0 Å². The van der Waals surface area contributed by atoms with Crippen molar-refractivity contribution >= 4 is 11.3 Å². The van der Waals surface area contributed by atoms with Crippen LogP contribution in [0.4, 0.5) is 0 Å². The van der Waals surface area contributed by atoms with Crippen LogP contribution in [-0.4, -0.2) is 12.0 Å². The molecule has 0 fully saturated rings. The van der Waals surface area contributed by atoms with Crippen molar-refractivity contribution in [2.24, 2.45) is 5.92 Å². The molecule has 0 aromatic carbocycles. The van der Waals surface area contributed by atoms with E-state index in [0.29, 0.717) is 6.04 Å². The highest BCUT2D eigenvalue weighted by molar-refractivity contribution is 7.09. The number of nitrogens with zero attached hydrogens (tertiary/aromatic N) is 1. The van der Waals surface area contributed by atoms with Crippen LogP contribution in [0.1, 0.15) is 43.3 Å². The third-order valence-electron chi connectivity index (χ3n) is 2.48. The predicted molar refractivity (Wildman–Crippen MR) is 62.7 cm³/mol. The maximum Gasteiger partial charge on any atom is 0.0798 e. The maximum atomic E-state index is 4.29. The van der Waals surface area contributed by atoms with Crippen LogP contribution in [0.5, 0.6) is 0 Å². The zero-order valence-electron chi connectivity index (χ0n) is 9.50. The van der Waals surface area contributed by atoms with E-state index >= 15 is 0 Å². The summed E-state index contributed by atoms with van der Waals surface area (Å²) >= 11 is 1.76. The molecule has 0 radical (unpaired) electrons. The van der Waals surface area contributed by atoms with E-state index in [1.165, 1.54) is 23.4 Å². The van der Waals surface area contributed by atoms with E-state index in [1.54, 1.807) is 11.3 Å². The highest BCUT2D eigenvalue weighted by Gasteiger charge is 2.14. The Morgan fingerprint density at radius 2 is 2.14 bits per heavy atom. The second kappa shape index (κ2) is 5.47. The Bertz CT molecular complexity index is 268. The van der Waals surface area contributed by atoms with Gasteiger partial charge in [-0.2, -0.15) is 0 Å². The Morgan fingerprint density at radius 1 is 1.43 bits per heavy atom. The molecule has 0 saturated carbocycles. The monoisotopic (exact) mass is 212 g/mol. The van der Waals surface area contributed by atoms with Crippen LogP contribution in [-0.2, 0) is 0 Å². The molecule has 1 atom stereocenters. The summed E-state index contributed by atoms with van der Waals surface area (Å²) in [5, 5.41) is 3.37. The first-order valence-electron chi connectivity index (χ1n) is 5.22. The summed E-state index contributed by atoms with van der Waals surface area (Å²) in [5.41, 5.74) is 3.11. The quantitative estimate of drug-likeness (QED) is 0.811. The Labute approximate surface area is 90.8 Å². The summed E-state index contributed by atoms with van der Waals surface area (Å²) in [7, 11) is 2.03. The summed E-state index contributed by atoms with van der Waals surface area (Å²) < 4.78 is 0. The van der Waals surface area contributed by atoms with Crippen molar-refractivity contribution in [3.63, 3.8) is 0 Å². The lowest BCUT2D eigenvalue weighted by atomic mass is 10.0. The molecular formula is C11H20N2S. The van der Waals surface area contributed by atoms with Gasteiger partial charge in [-0.05, 0) is 32.7 Å². The van der Waals surface area contributed by atoms with E-state index < -0.39 is 0 Å². The molecule has 0 amide bonds. The third-order valence-corrected chi connectivity index (χ3v) is 3.52. The molecule has 1 unspecified atom stereocenters. The van der Waals surface area contributed by atoms with Gasteiger partial charge in [0, 0.05) is 10.9 Å². The highest BCUT2D eigenvalue weighted by Crippen LogP contribution is 2.26. The zero-order valence-corrected chi connectivity index (χ0v) is 10.3. The molecule has 1 N–H and O–H groups in total. The summed E-state index contributed by atoms with van der Waals surface area (Å²) in [6.45, 7) is 6.63. The van der Waals surface area contributed by atoms with Gasteiger partial charge < -0.3 is 5.32 Å². The molecule has 0 aliphatic heterocycles. The van der Waals surface area contributed by atoms with Crippen LogP contribution >= 0.6 is 11.3 Å². The summed E-state index contributed by atoms with van der Waals surface area (Å²) in [5.74, 6) is 0.777. The van der Waals surface area contributed by atoms with E-state index in [-0.39, 0.29) is 0 Å². The van der Waals surface area contributed by atoms with Gasteiger partial charge in [0.05, 0.1) is 11.2 Å². The molecule has 80 valence electrons. The lowest BCUT2D eigenvalue weighted by Gasteiger charge is -2.16. The van der Waals surface area contributed by atoms with Crippen LogP contribution in [0, 0.1) is 12.8 Å². The average Bonchev–Trinajstić information content (AvgIpc) is 2.53. The van der Waals surface area contributed by atoms with Gasteiger partial charge in [0.2, 0.25) is 0 Å². The van der Waals surface area contributed by atoms with Gasteiger partial charge in [-0.3, -0.25) is 0 Å². The van der Waals surface area contributed by atoms with Crippen LogP contribution in [0.15, 0.2) is 5.51 Å². The number of rotatable bonds is 5. The number of hydrogen-bond donors (Lipinski definition) is 1. The molecule has 2 nitrogen and oxygen atoms in total. The number of aryl methyl sites for hydroxylation is 1. The van der Waals surface area contributed by atoms with Crippen molar-refractivity contribution in [3.05, 3.63) is 16.1 Å². The normalized spacial score (nSPS) is 13.5. The Morgan fingerprint density at radius 3 is 2.57 bits per heavy atom. The fourth-order valence-electron chi connectivity index (χ4n) is 1.55. The van der Waals surface area contributed by atoms with Crippen molar-refractivity contribution < 1.29 is 0 Å². The minimum atomic E-state index is 0.491. The molecule has 0 bridgehead atoms. The lowest BCUT2D eigenvalue weighted by Crippen LogP contribution is -2.16. The Balaban J connectivity index is 2.58. The molecule has 1 rings (SSSR count). The van der Waals surface area contributed by atoms with E-state index in [0.717, 1.165) is 5.92 Å². The van der Waals surface area contributed by atoms with Gasteiger partial charge in [-0.25, -0.2) is 4.98 Å². The van der Waals surface area contributed by atoms with Crippen molar-refractivity contribution in [1.82, 2.24) is 10.3 Å². The van der Waals surface area contributed by atoms with Gasteiger partial charge in [-0.15, -0.1) is 11.3 Å². The maximum absolute atomic E-state index is 4.29. The molecule has 0 aliphatic carbocycles. The summed E-state index contributed by atoms with van der Waals surface area (Å²) in [6, 6.07) is 0.491. The van der Waals surface area contributed by atoms with E-state index in [1.807, 2.05) is 12.6 Å². The van der Waals surface area contributed by atoms with Crippen LogP contribution in [0.3, 0.4) is 0 Å². The van der Waals surface area contributed by atoms with Gasteiger partial charge >= 0.3 is 0 Å². The standard InChI is InChI=1S/C11H20N2S/c1-8(2)5-6-10(12-4)11-9(3)13-7-14-11/h7-8,10,12H,5-6H2,1-4H3. The predicted octanol–water partition coefficient (Wildman–Crippen LogP) is 3.15. The fourth-order valence-corrected chi connectivity index (χ4v) is 2.50. The molecule has 1 aromatic rings. The van der Waals surface area contributed by atoms with Gasteiger partial charge in [0.1, 0.15) is 0 Å². The molecule has 1 aromatic heterocycles. The highest BCUT2D eigenvalue weighted by atomic mass is 32.1. The Kier molecular flexibility index (Phi) is 4.55. The molecule has 1 heterocycles. The van der Waals surface area contributed by atoms with Crippen molar-refractivity contribution in [1.29, 1.82) is 0 Å². The van der Waals surface area contributed by atoms with Crippen LogP contribution < -0.4 is 5.32 Å². The first-order valence-corrected chi connectivity index (χ1v) is 6.10. The molecule has 0 saturated heterocycles. The molecule has 14 heavy (non-hydrogen) atoms. The summed E-state index contributed by atoms with van der Waals surface area (Å²) in [6.07, 6.45) is 2.47. The first kappa shape index (κ1) is 11.7. The topological polar surface area (TPSA) is 24.9 Å². The van der Waals surface area contributed by atoms with Crippen molar-refractivity contribution in [2.75, 3.05) is 7.05 Å². The van der Waals surface area contributed by atoms with E-state index in [9.17, 15) is 0 Å². The van der Waals surface area contributed by atoms with Crippen molar-refractivity contribution in [2.45, 2.75) is 39.7 Å². The molecule has 0 aliphatic rings. The first-order chi connectivity index (χ1) is 6.65. The largest absolute Gasteiger partial charge is 0.312 e. The summed E-state index contributed by atoms with van der Waals surface area (Å²) in [4.78, 5) is 5.69. The lowest BCUT2D eigenvalue weighted by molar-refractivity contribution is 0.468. The fraction of sp³-hybridized carbons (Fsp3) is 0.727. The molecule has 0 spiro atoms. The van der Waals surface area contributed by atoms with Crippen LogP contribution in [0.2, 0.25) is 0 Å². The van der Waals surface area contributed by atoms with Gasteiger partial charge in [0.15, 0.2) is 0 Å². The van der Waals surface area contributed by atoms with Gasteiger partial charge in [-0.1, -0.05) is 13.8 Å². The number of thiazole rings is 1. The van der Waals surface area contributed by atoms with Gasteiger partial charge in [0.25, 0.3) is 0 Å². The van der Waals surface area contributed by atoms with E-state index in [4.69, 9.17) is 0 Å². The SMILES string of the molecule is CNC(CCC(C)C)c1scnc1C. The zero-order chi connectivity index (χ0) is 10.6.